The van der Waals surface area contributed by atoms with E-state index in [2.05, 4.69) is 0 Å². The lowest BCUT2D eigenvalue weighted by atomic mass is 9.93. The molecule has 0 N–H and O–H groups in total. The van der Waals surface area contributed by atoms with E-state index in [1.165, 1.54) is 20.3 Å². The van der Waals surface area contributed by atoms with Crippen molar-refractivity contribution in [1.29, 1.82) is 0 Å². The van der Waals surface area contributed by atoms with Crippen LogP contribution in [0, 0.1) is 5.92 Å². The standard InChI is InChI=1S/C31H36O8/c1-20-22(16-21-10-7-6-8-11-21)14-15-25(32)29-26(38-31(2,3)39-29)13-9-12-23-17-24(35-5)18-27(36-19-34-4)28(23)30(33)37-20/h6-12,14-15,17-18,20,22,26,29H,13,16,19H2,1-5H3/b12-9?,15-14-/t20-,22-,26-,29+/m0/s1. The smallest absolute Gasteiger partial charge is 0.342 e. The van der Waals surface area contributed by atoms with Crippen LogP contribution >= 0.6 is 0 Å². The number of carbonyl (C=O) groups is 2. The van der Waals surface area contributed by atoms with E-state index in [-0.39, 0.29) is 29.8 Å². The molecule has 2 heterocycles. The number of esters is 1. The number of ketones is 1. The zero-order valence-corrected chi connectivity index (χ0v) is 23.0. The first-order chi connectivity index (χ1) is 18.7. The van der Waals surface area contributed by atoms with Gasteiger partial charge in [-0.2, -0.15) is 0 Å². The van der Waals surface area contributed by atoms with Gasteiger partial charge in [0, 0.05) is 19.1 Å². The summed E-state index contributed by atoms with van der Waals surface area (Å²) in [5.41, 5.74) is 1.86. The second-order valence-corrected chi connectivity index (χ2v) is 10.1. The van der Waals surface area contributed by atoms with Crippen LogP contribution in [-0.2, 0) is 30.2 Å². The van der Waals surface area contributed by atoms with Crippen molar-refractivity contribution in [3.63, 3.8) is 0 Å². The number of cyclic esters (lactones) is 1. The van der Waals surface area contributed by atoms with Gasteiger partial charge >= 0.3 is 5.97 Å². The first-order valence-electron chi connectivity index (χ1n) is 13.0. The van der Waals surface area contributed by atoms with Crippen LogP contribution < -0.4 is 9.47 Å². The Morgan fingerprint density at radius 3 is 2.51 bits per heavy atom. The number of benzene rings is 2. The Kier molecular flexibility index (Phi) is 9.22. The van der Waals surface area contributed by atoms with E-state index < -0.39 is 30.1 Å². The van der Waals surface area contributed by atoms with Crippen molar-refractivity contribution in [2.24, 2.45) is 5.92 Å². The van der Waals surface area contributed by atoms with Gasteiger partial charge in [-0.25, -0.2) is 4.79 Å². The quantitative estimate of drug-likeness (QED) is 0.370. The third-order valence-corrected chi connectivity index (χ3v) is 6.73. The van der Waals surface area contributed by atoms with Crippen LogP contribution in [0.3, 0.4) is 0 Å². The molecule has 2 aromatic rings. The van der Waals surface area contributed by atoms with Gasteiger partial charge in [0.15, 0.2) is 18.4 Å². The minimum absolute atomic E-state index is 0.0579. The number of hydrogen-bond donors (Lipinski definition) is 0. The number of hydrogen-bond acceptors (Lipinski definition) is 8. The van der Waals surface area contributed by atoms with E-state index >= 15 is 0 Å². The summed E-state index contributed by atoms with van der Waals surface area (Å²) in [5.74, 6) is -1.14. The first-order valence-corrected chi connectivity index (χ1v) is 13.0. The average molecular weight is 537 g/mol. The Labute approximate surface area is 229 Å². The summed E-state index contributed by atoms with van der Waals surface area (Å²) in [6, 6.07) is 13.2. The maximum Gasteiger partial charge on any atom is 0.342 e. The van der Waals surface area contributed by atoms with Crippen LogP contribution in [0.25, 0.3) is 6.08 Å². The molecule has 4 rings (SSSR count). The zero-order chi connectivity index (χ0) is 28.0. The topological polar surface area (TPSA) is 89.5 Å². The van der Waals surface area contributed by atoms with Crippen molar-refractivity contribution in [3.8, 4) is 11.5 Å². The normalized spacial score (nSPS) is 25.7. The molecule has 2 aliphatic heterocycles. The summed E-state index contributed by atoms with van der Waals surface area (Å²) in [4.78, 5) is 26.9. The maximum atomic E-state index is 13.6. The molecule has 0 aliphatic carbocycles. The van der Waals surface area contributed by atoms with Crippen molar-refractivity contribution >= 4 is 17.8 Å². The fourth-order valence-electron chi connectivity index (χ4n) is 4.80. The predicted molar refractivity (Wildman–Crippen MR) is 146 cm³/mol. The molecule has 1 saturated heterocycles. The van der Waals surface area contributed by atoms with Gasteiger partial charge < -0.3 is 28.4 Å². The molecule has 0 saturated carbocycles. The summed E-state index contributed by atoms with van der Waals surface area (Å²) in [7, 11) is 3.04. The molecule has 4 atom stereocenters. The highest BCUT2D eigenvalue weighted by molar-refractivity contribution is 5.97. The third kappa shape index (κ3) is 7.15. The molecule has 39 heavy (non-hydrogen) atoms. The van der Waals surface area contributed by atoms with Gasteiger partial charge in [-0.3, -0.25) is 4.79 Å². The zero-order valence-electron chi connectivity index (χ0n) is 23.0. The van der Waals surface area contributed by atoms with Crippen molar-refractivity contribution in [2.45, 2.75) is 57.7 Å². The predicted octanol–water partition coefficient (Wildman–Crippen LogP) is 5.14. The summed E-state index contributed by atoms with van der Waals surface area (Å²) < 4.78 is 34.4. The van der Waals surface area contributed by atoms with E-state index in [4.69, 9.17) is 28.4 Å². The van der Waals surface area contributed by atoms with Crippen molar-refractivity contribution in [1.82, 2.24) is 0 Å². The Morgan fingerprint density at radius 2 is 1.79 bits per heavy atom. The van der Waals surface area contributed by atoms with E-state index in [9.17, 15) is 9.59 Å². The highest BCUT2D eigenvalue weighted by atomic mass is 16.8. The lowest BCUT2D eigenvalue weighted by Crippen LogP contribution is -2.31. The lowest BCUT2D eigenvalue weighted by Gasteiger charge is -2.23. The summed E-state index contributed by atoms with van der Waals surface area (Å²) in [6.07, 6.45) is 6.10. The third-order valence-electron chi connectivity index (χ3n) is 6.73. The highest BCUT2D eigenvalue weighted by Crippen LogP contribution is 2.34. The lowest BCUT2D eigenvalue weighted by molar-refractivity contribution is -0.152. The molecular formula is C31H36O8. The summed E-state index contributed by atoms with van der Waals surface area (Å²) >= 11 is 0. The van der Waals surface area contributed by atoms with Gasteiger partial charge in [0.05, 0.1) is 13.2 Å². The van der Waals surface area contributed by atoms with Crippen molar-refractivity contribution in [3.05, 3.63) is 77.4 Å². The van der Waals surface area contributed by atoms with Crippen molar-refractivity contribution < 1.29 is 38.0 Å². The van der Waals surface area contributed by atoms with E-state index in [0.29, 0.717) is 24.2 Å². The fraction of sp³-hybridized carbons (Fsp3) is 0.419. The van der Waals surface area contributed by atoms with Gasteiger partial charge in [0.2, 0.25) is 0 Å². The van der Waals surface area contributed by atoms with E-state index in [1.54, 1.807) is 38.1 Å². The molecule has 8 nitrogen and oxygen atoms in total. The Hall–Kier alpha value is -3.46. The first kappa shape index (κ1) is 28.5. The largest absolute Gasteiger partial charge is 0.497 e. The van der Waals surface area contributed by atoms with Crippen LogP contribution in [0.5, 0.6) is 11.5 Å². The van der Waals surface area contributed by atoms with Gasteiger partial charge in [0.25, 0.3) is 0 Å². The number of rotatable bonds is 6. The molecule has 0 bridgehead atoms. The monoisotopic (exact) mass is 536 g/mol. The molecular weight excluding hydrogens is 500 g/mol. The molecule has 0 radical (unpaired) electrons. The maximum absolute atomic E-state index is 13.6. The second kappa shape index (κ2) is 12.6. The molecule has 0 aromatic heterocycles. The molecule has 208 valence electrons. The van der Waals surface area contributed by atoms with Gasteiger partial charge in [-0.1, -0.05) is 48.6 Å². The molecule has 0 amide bonds. The Morgan fingerprint density at radius 1 is 1.03 bits per heavy atom. The van der Waals surface area contributed by atoms with E-state index in [0.717, 1.165) is 5.56 Å². The van der Waals surface area contributed by atoms with Crippen LogP contribution in [0.2, 0.25) is 0 Å². The van der Waals surface area contributed by atoms with Crippen LogP contribution in [0.1, 0.15) is 48.7 Å². The summed E-state index contributed by atoms with van der Waals surface area (Å²) in [5, 5.41) is 0. The molecule has 2 aromatic carbocycles. The summed E-state index contributed by atoms with van der Waals surface area (Å²) in [6.45, 7) is 5.35. The number of ether oxygens (including phenoxy) is 6. The Bertz CT molecular complexity index is 1220. The number of methoxy groups -OCH3 is 2. The SMILES string of the molecule is COCOc1cc(OC)cc2c1C(=O)O[C@@H](C)[C@H](Cc1ccccc1)/C=C\C(=O)[C@H]1OC(C)(C)O[C@H]1CC=C2. The van der Waals surface area contributed by atoms with Gasteiger partial charge in [-0.15, -0.1) is 0 Å². The minimum Gasteiger partial charge on any atom is -0.497 e. The average Bonchev–Trinajstić information content (AvgIpc) is 3.23. The number of carbonyl (C=O) groups excluding carboxylic acids is 2. The second-order valence-electron chi connectivity index (χ2n) is 10.1. The molecule has 8 heteroatoms. The minimum atomic E-state index is -0.904. The van der Waals surface area contributed by atoms with Crippen LogP contribution in [0.15, 0.2) is 60.7 Å². The van der Waals surface area contributed by atoms with Gasteiger partial charge in [0.1, 0.15) is 29.3 Å². The molecule has 0 unspecified atom stereocenters. The van der Waals surface area contributed by atoms with E-state index in [1.807, 2.05) is 43.3 Å². The molecule has 2 aliphatic rings. The Balaban J connectivity index is 1.78. The van der Waals surface area contributed by atoms with Gasteiger partial charge in [-0.05, 0) is 56.9 Å². The molecule has 1 fully saturated rings. The van der Waals surface area contributed by atoms with Crippen molar-refractivity contribution in [2.75, 3.05) is 21.0 Å². The highest BCUT2D eigenvalue weighted by Gasteiger charge is 2.43. The fourth-order valence-corrected chi connectivity index (χ4v) is 4.80. The van der Waals surface area contributed by atoms with Crippen LogP contribution in [0.4, 0.5) is 0 Å². The number of fused-ring (bicyclic) bond motifs is 2. The molecule has 0 spiro atoms. The van der Waals surface area contributed by atoms with Crippen LogP contribution in [-0.4, -0.2) is 56.9 Å².